The molecule has 2 aromatic heterocycles. The summed E-state index contributed by atoms with van der Waals surface area (Å²) in [5.41, 5.74) is 4.39. The van der Waals surface area contributed by atoms with Gasteiger partial charge < -0.3 is 28.6 Å². The van der Waals surface area contributed by atoms with Gasteiger partial charge in [-0.2, -0.15) is 0 Å². The zero-order valence-corrected chi connectivity index (χ0v) is 23.1. The number of imidazole rings is 1. The van der Waals surface area contributed by atoms with Crippen LogP contribution in [0.3, 0.4) is 0 Å². The minimum Gasteiger partial charge on any atom is -0.478 e. The SMILES string of the molecule is CC1(c2ccc(Cl)cn2)Oc2cccc(C3=CCC(Cc4nc5ccc(C(=O)O)cc5n4C[C@@H]4CCO4)OC3)c2O1. The van der Waals surface area contributed by atoms with E-state index in [1.165, 1.54) is 0 Å². The zero-order valence-electron chi connectivity index (χ0n) is 22.4. The Morgan fingerprint density at radius 2 is 2.02 bits per heavy atom. The first-order valence-electron chi connectivity index (χ1n) is 13.6. The lowest BCUT2D eigenvalue weighted by Crippen LogP contribution is -2.32. The lowest BCUT2D eigenvalue weighted by molar-refractivity contribution is -0.0719. The average Bonchev–Trinajstić information content (AvgIpc) is 3.47. The van der Waals surface area contributed by atoms with Gasteiger partial charge in [0.1, 0.15) is 11.5 Å². The molecular formula is C31H28ClN3O6. The Hall–Kier alpha value is -3.92. The summed E-state index contributed by atoms with van der Waals surface area (Å²) >= 11 is 6.02. The van der Waals surface area contributed by atoms with E-state index in [-0.39, 0.29) is 17.8 Å². The van der Waals surface area contributed by atoms with Crippen molar-refractivity contribution in [2.75, 3.05) is 13.2 Å². The monoisotopic (exact) mass is 573 g/mol. The third-order valence-corrected chi connectivity index (χ3v) is 8.11. The molecule has 1 N–H and O–H groups in total. The van der Waals surface area contributed by atoms with Crippen molar-refractivity contribution in [2.24, 2.45) is 0 Å². The molecule has 5 heterocycles. The number of fused-ring (bicyclic) bond motifs is 2. The van der Waals surface area contributed by atoms with E-state index in [1.807, 2.05) is 25.1 Å². The molecule has 41 heavy (non-hydrogen) atoms. The van der Waals surface area contributed by atoms with Crippen LogP contribution in [0.4, 0.5) is 0 Å². The van der Waals surface area contributed by atoms with Crippen molar-refractivity contribution in [3.05, 3.63) is 88.5 Å². The summed E-state index contributed by atoms with van der Waals surface area (Å²) in [5, 5.41) is 10.1. The van der Waals surface area contributed by atoms with Crippen LogP contribution < -0.4 is 9.47 Å². The largest absolute Gasteiger partial charge is 0.478 e. The maximum absolute atomic E-state index is 11.6. The molecule has 4 aromatic rings. The molecule has 210 valence electrons. The van der Waals surface area contributed by atoms with Gasteiger partial charge in [-0.1, -0.05) is 29.8 Å². The van der Waals surface area contributed by atoms with Gasteiger partial charge in [-0.05, 0) is 54.8 Å². The van der Waals surface area contributed by atoms with Gasteiger partial charge >= 0.3 is 5.97 Å². The van der Waals surface area contributed by atoms with Crippen molar-refractivity contribution in [2.45, 2.75) is 50.7 Å². The van der Waals surface area contributed by atoms with Crippen LogP contribution in [-0.4, -0.2) is 51.0 Å². The van der Waals surface area contributed by atoms with Crippen LogP contribution in [0.1, 0.15) is 47.2 Å². The molecular weight excluding hydrogens is 546 g/mol. The molecule has 1 saturated heterocycles. The number of para-hydroxylation sites is 1. The summed E-state index contributed by atoms with van der Waals surface area (Å²) in [4.78, 5) is 20.9. The van der Waals surface area contributed by atoms with Gasteiger partial charge in [-0.25, -0.2) is 9.78 Å². The minimum atomic E-state index is -1.06. The summed E-state index contributed by atoms with van der Waals surface area (Å²) in [7, 11) is 0. The van der Waals surface area contributed by atoms with E-state index < -0.39 is 11.8 Å². The van der Waals surface area contributed by atoms with Gasteiger partial charge in [-0.15, -0.1) is 0 Å². The Morgan fingerprint density at radius 1 is 1.15 bits per heavy atom. The number of halogens is 1. The number of nitrogens with zero attached hydrogens (tertiary/aromatic N) is 3. The van der Waals surface area contributed by atoms with Crippen LogP contribution in [0.5, 0.6) is 11.5 Å². The highest BCUT2D eigenvalue weighted by molar-refractivity contribution is 6.30. The van der Waals surface area contributed by atoms with Crippen LogP contribution in [0.15, 0.2) is 60.8 Å². The topological polar surface area (TPSA) is 105 Å². The van der Waals surface area contributed by atoms with Crippen LogP contribution in [-0.2, 0) is 28.2 Å². The highest BCUT2D eigenvalue weighted by Crippen LogP contribution is 2.48. The Morgan fingerprint density at radius 3 is 2.73 bits per heavy atom. The van der Waals surface area contributed by atoms with Gasteiger partial charge in [0.05, 0.1) is 47.0 Å². The van der Waals surface area contributed by atoms with Crippen LogP contribution in [0, 0.1) is 0 Å². The fraction of sp³-hybridized carbons (Fsp3) is 0.323. The quantitative estimate of drug-likeness (QED) is 0.303. The number of ether oxygens (including phenoxy) is 4. The van der Waals surface area contributed by atoms with Crippen molar-refractivity contribution in [1.29, 1.82) is 0 Å². The van der Waals surface area contributed by atoms with Crippen molar-refractivity contribution in [3.8, 4) is 11.5 Å². The highest BCUT2D eigenvalue weighted by atomic mass is 35.5. The number of pyridine rings is 1. The van der Waals surface area contributed by atoms with Gasteiger partial charge in [0.2, 0.25) is 0 Å². The molecule has 0 amide bonds. The van der Waals surface area contributed by atoms with Gasteiger partial charge in [0, 0.05) is 31.7 Å². The molecule has 10 heteroatoms. The second-order valence-corrected chi connectivity index (χ2v) is 11.1. The zero-order chi connectivity index (χ0) is 28.1. The van der Waals surface area contributed by atoms with E-state index in [1.54, 1.807) is 36.5 Å². The van der Waals surface area contributed by atoms with Crippen LogP contribution >= 0.6 is 11.6 Å². The summed E-state index contributed by atoms with van der Waals surface area (Å²) in [6, 6.07) is 14.5. The van der Waals surface area contributed by atoms with E-state index in [4.69, 9.17) is 35.5 Å². The third-order valence-electron chi connectivity index (χ3n) is 7.88. The molecule has 2 unspecified atom stereocenters. The fourth-order valence-corrected chi connectivity index (χ4v) is 5.68. The van der Waals surface area contributed by atoms with Crippen molar-refractivity contribution in [1.82, 2.24) is 14.5 Å². The summed E-state index contributed by atoms with van der Waals surface area (Å²) in [6.45, 7) is 3.64. The first-order chi connectivity index (χ1) is 19.9. The number of aromatic nitrogens is 3. The lowest BCUT2D eigenvalue weighted by atomic mass is 9.99. The van der Waals surface area contributed by atoms with E-state index in [9.17, 15) is 9.90 Å². The molecule has 0 radical (unpaired) electrons. The molecule has 3 atom stereocenters. The molecule has 3 aliphatic rings. The number of carboxylic acids is 1. The van der Waals surface area contributed by atoms with Gasteiger partial charge in [0.25, 0.3) is 5.79 Å². The van der Waals surface area contributed by atoms with Crippen LogP contribution in [0.2, 0.25) is 5.02 Å². The average molecular weight is 574 g/mol. The molecule has 1 fully saturated rings. The number of carbonyl (C=O) groups is 1. The molecule has 0 saturated carbocycles. The third kappa shape index (κ3) is 4.84. The summed E-state index contributed by atoms with van der Waals surface area (Å²) in [6.07, 6.45) is 6.06. The maximum atomic E-state index is 11.6. The lowest BCUT2D eigenvalue weighted by Gasteiger charge is -2.28. The molecule has 0 aliphatic carbocycles. The molecule has 0 spiro atoms. The predicted molar refractivity (Wildman–Crippen MR) is 151 cm³/mol. The standard InChI is InChI=1S/C31H28ClN3O6/c1-31(27-10-7-20(32)15-33-27)40-26-4-2-3-23(29(26)41-31)19-5-8-21(39-17-19)14-28-34-24-9-6-18(30(36)37)13-25(24)35(28)16-22-11-12-38-22/h2-7,9-10,13,15,21-22H,8,11-12,14,16-17H2,1H3,(H,36,37)/t21?,22-,31?/m0/s1. The Labute approximate surface area is 241 Å². The Balaban J connectivity index is 1.11. The second-order valence-electron chi connectivity index (χ2n) is 10.7. The smallest absolute Gasteiger partial charge is 0.335 e. The summed E-state index contributed by atoms with van der Waals surface area (Å²) < 4.78 is 26.7. The number of aromatic carboxylic acids is 1. The van der Waals surface area contributed by atoms with E-state index >= 15 is 0 Å². The number of benzene rings is 2. The van der Waals surface area contributed by atoms with Crippen molar-refractivity contribution < 1.29 is 28.8 Å². The van der Waals surface area contributed by atoms with Crippen molar-refractivity contribution in [3.63, 3.8) is 0 Å². The minimum absolute atomic E-state index is 0.0759. The normalized spacial score (nSPS) is 23.3. The highest BCUT2D eigenvalue weighted by Gasteiger charge is 2.41. The van der Waals surface area contributed by atoms with Crippen molar-refractivity contribution >= 4 is 34.2 Å². The van der Waals surface area contributed by atoms with Crippen LogP contribution in [0.25, 0.3) is 16.6 Å². The predicted octanol–water partition coefficient (Wildman–Crippen LogP) is 5.63. The maximum Gasteiger partial charge on any atom is 0.335 e. The fourth-order valence-electron chi connectivity index (χ4n) is 5.57. The number of hydrogen-bond acceptors (Lipinski definition) is 7. The number of rotatable bonds is 7. The van der Waals surface area contributed by atoms with E-state index in [0.29, 0.717) is 48.2 Å². The Bertz CT molecular complexity index is 1680. The molecule has 3 aliphatic heterocycles. The van der Waals surface area contributed by atoms with Gasteiger partial charge in [0.15, 0.2) is 11.5 Å². The summed E-state index contributed by atoms with van der Waals surface area (Å²) in [5.74, 6) is 0.157. The number of carboxylic acid groups (broad SMARTS) is 1. The molecule has 2 aromatic carbocycles. The molecule has 7 rings (SSSR count). The Kier molecular flexibility index (Phi) is 6.45. The first kappa shape index (κ1) is 26.0. The number of hydrogen-bond donors (Lipinski definition) is 1. The molecule has 9 nitrogen and oxygen atoms in total. The first-order valence-corrected chi connectivity index (χ1v) is 14.0. The van der Waals surface area contributed by atoms with E-state index in [2.05, 4.69) is 15.6 Å². The van der Waals surface area contributed by atoms with E-state index in [0.717, 1.165) is 41.0 Å². The molecule has 0 bridgehead atoms. The second kappa shape index (κ2) is 10.2. The van der Waals surface area contributed by atoms with Gasteiger partial charge in [-0.3, -0.25) is 4.98 Å².